The summed E-state index contributed by atoms with van der Waals surface area (Å²) in [6.07, 6.45) is 0. The molecule has 0 saturated heterocycles. The maximum absolute atomic E-state index is 12.9. The highest BCUT2D eigenvalue weighted by Crippen LogP contribution is 2.21. The number of hydrogen-bond donors (Lipinski definition) is 2. The summed E-state index contributed by atoms with van der Waals surface area (Å²) < 4.78 is 5.46. The lowest BCUT2D eigenvalue weighted by atomic mass is 10.1. The number of rotatable bonds is 6. The van der Waals surface area contributed by atoms with Gasteiger partial charge in [-0.2, -0.15) is 0 Å². The number of nitrogens with zero attached hydrogens (tertiary/aromatic N) is 3. The van der Waals surface area contributed by atoms with Crippen LogP contribution in [0.3, 0.4) is 0 Å². The summed E-state index contributed by atoms with van der Waals surface area (Å²) in [5, 5.41) is 9.54. The molecule has 0 bridgehead atoms. The van der Waals surface area contributed by atoms with Crippen molar-refractivity contribution in [2.24, 2.45) is 0 Å². The summed E-state index contributed by atoms with van der Waals surface area (Å²) in [5.74, 6) is 0.571. The maximum Gasteiger partial charge on any atom is 0.273 e. The van der Waals surface area contributed by atoms with Crippen molar-refractivity contribution >= 4 is 22.8 Å². The number of carbonyl (C=O) groups excluding carboxylic acids is 1. The Labute approximate surface area is 157 Å². The zero-order chi connectivity index (χ0) is 19.4. The van der Waals surface area contributed by atoms with E-state index in [1.54, 1.807) is 18.0 Å². The lowest BCUT2D eigenvalue weighted by molar-refractivity contribution is 0.0781. The van der Waals surface area contributed by atoms with E-state index in [9.17, 15) is 4.79 Å². The predicted octanol–water partition coefficient (Wildman–Crippen LogP) is 2.16. The van der Waals surface area contributed by atoms with Crippen molar-refractivity contribution in [3.63, 3.8) is 0 Å². The Kier molecular flexibility index (Phi) is 5.52. The minimum atomic E-state index is -0.224. The van der Waals surface area contributed by atoms with Gasteiger partial charge in [0, 0.05) is 19.0 Å². The monoisotopic (exact) mass is 366 g/mol. The molecular formula is C20H22N4O3. The van der Waals surface area contributed by atoms with E-state index in [2.05, 4.69) is 9.97 Å². The van der Waals surface area contributed by atoms with Crippen molar-refractivity contribution < 1.29 is 14.6 Å². The quantitative estimate of drug-likeness (QED) is 0.693. The van der Waals surface area contributed by atoms with E-state index in [0.717, 1.165) is 16.9 Å². The van der Waals surface area contributed by atoms with E-state index >= 15 is 0 Å². The van der Waals surface area contributed by atoms with Gasteiger partial charge in [0.05, 0.1) is 12.1 Å². The molecule has 1 aromatic heterocycles. The SMILES string of the molecule is Cc1cc(CN(C)C(=O)c2nc(N)nc3ccccc23)ccc1OCCO. The third kappa shape index (κ3) is 4.15. The van der Waals surface area contributed by atoms with Gasteiger partial charge in [-0.3, -0.25) is 4.79 Å². The first kappa shape index (κ1) is 18.6. The summed E-state index contributed by atoms with van der Waals surface area (Å²) in [4.78, 5) is 22.9. The summed E-state index contributed by atoms with van der Waals surface area (Å²) in [5.41, 5.74) is 8.61. The van der Waals surface area contributed by atoms with Crippen LogP contribution in [0.4, 0.5) is 5.95 Å². The van der Waals surface area contributed by atoms with Crippen molar-refractivity contribution in [1.29, 1.82) is 0 Å². The first-order valence-electron chi connectivity index (χ1n) is 8.60. The maximum atomic E-state index is 12.9. The highest BCUT2D eigenvalue weighted by Gasteiger charge is 2.18. The number of amides is 1. The van der Waals surface area contributed by atoms with Crippen LogP contribution in [-0.4, -0.2) is 46.1 Å². The molecule has 27 heavy (non-hydrogen) atoms. The minimum absolute atomic E-state index is 0.0333. The van der Waals surface area contributed by atoms with Gasteiger partial charge in [0.15, 0.2) is 0 Å². The second-order valence-corrected chi connectivity index (χ2v) is 6.28. The third-order valence-electron chi connectivity index (χ3n) is 4.18. The van der Waals surface area contributed by atoms with E-state index in [-0.39, 0.29) is 25.1 Å². The lowest BCUT2D eigenvalue weighted by Gasteiger charge is -2.19. The van der Waals surface area contributed by atoms with Crippen LogP contribution in [0.15, 0.2) is 42.5 Å². The van der Waals surface area contributed by atoms with Gasteiger partial charge in [0.1, 0.15) is 18.1 Å². The fourth-order valence-corrected chi connectivity index (χ4v) is 2.91. The number of fused-ring (bicyclic) bond motifs is 1. The molecule has 3 N–H and O–H groups in total. The topological polar surface area (TPSA) is 102 Å². The van der Waals surface area contributed by atoms with Gasteiger partial charge in [-0.1, -0.05) is 30.3 Å². The fraction of sp³-hybridized carbons (Fsp3) is 0.250. The molecule has 0 spiro atoms. The number of aliphatic hydroxyl groups is 1. The number of aliphatic hydroxyl groups excluding tert-OH is 1. The minimum Gasteiger partial charge on any atom is -0.491 e. The Balaban J connectivity index is 1.82. The average molecular weight is 366 g/mol. The van der Waals surface area contributed by atoms with Crippen molar-refractivity contribution in [3.05, 3.63) is 59.3 Å². The number of carbonyl (C=O) groups is 1. The molecule has 3 rings (SSSR count). The number of anilines is 1. The van der Waals surface area contributed by atoms with Gasteiger partial charge in [-0.15, -0.1) is 0 Å². The van der Waals surface area contributed by atoms with Crippen molar-refractivity contribution in [1.82, 2.24) is 14.9 Å². The second-order valence-electron chi connectivity index (χ2n) is 6.28. The molecule has 2 aromatic carbocycles. The molecule has 0 aliphatic carbocycles. The van der Waals surface area contributed by atoms with Crippen molar-refractivity contribution in [3.8, 4) is 5.75 Å². The van der Waals surface area contributed by atoms with Crippen LogP contribution >= 0.6 is 0 Å². The normalized spacial score (nSPS) is 10.8. The molecule has 0 saturated carbocycles. The Morgan fingerprint density at radius 2 is 2.00 bits per heavy atom. The van der Waals surface area contributed by atoms with Crippen LogP contribution in [0.2, 0.25) is 0 Å². The number of nitrogens with two attached hydrogens (primary N) is 1. The van der Waals surface area contributed by atoms with Gasteiger partial charge >= 0.3 is 0 Å². The number of para-hydroxylation sites is 1. The largest absolute Gasteiger partial charge is 0.491 e. The molecule has 0 atom stereocenters. The van der Waals surface area contributed by atoms with Crippen LogP contribution in [0, 0.1) is 6.92 Å². The molecule has 0 unspecified atom stereocenters. The standard InChI is InChI=1S/C20H22N4O3/c1-13-11-14(7-8-17(13)27-10-9-25)12-24(2)19(26)18-15-5-3-4-6-16(15)22-20(21)23-18/h3-8,11,25H,9-10,12H2,1-2H3,(H2,21,22,23). The first-order chi connectivity index (χ1) is 13.0. The number of ether oxygens (including phenoxy) is 1. The average Bonchev–Trinajstić information content (AvgIpc) is 2.66. The molecule has 7 heteroatoms. The Bertz CT molecular complexity index is 975. The molecule has 1 amide bonds. The Hall–Kier alpha value is -3.19. The van der Waals surface area contributed by atoms with Crippen LogP contribution < -0.4 is 10.5 Å². The van der Waals surface area contributed by atoms with Crippen LogP contribution in [0.5, 0.6) is 5.75 Å². The first-order valence-corrected chi connectivity index (χ1v) is 8.60. The summed E-state index contributed by atoms with van der Waals surface area (Å²) in [7, 11) is 1.72. The molecule has 7 nitrogen and oxygen atoms in total. The zero-order valence-corrected chi connectivity index (χ0v) is 15.3. The van der Waals surface area contributed by atoms with Crippen molar-refractivity contribution in [2.45, 2.75) is 13.5 Å². The van der Waals surface area contributed by atoms with Gasteiger partial charge in [0.25, 0.3) is 5.91 Å². The summed E-state index contributed by atoms with van der Waals surface area (Å²) in [6.45, 7) is 2.56. The number of benzene rings is 2. The van der Waals surface area contributed by atoms with Crippen LogP contribution in [0.1, 0.15) is 21.6 Å². The predicted molar refractivity (Wildman–Crippen MR) is 104 cm³/mol. The number of aromatic nitrogens is 2. The van der Waals surface area contributed by atoms with E-state index < -0.39 is 0 Å². The van der Waals surface area contributed by atoms with E-state index in [0.29, 0.717) is 23.1 Å². The molecule has 1 heterocycles. The van der Waals surface area contributed by atoms with Gasteiger partial charge in [0.2, 0.25) is 5.95 Å². The van der Waals surface area contributed by atoms with Gasteiger partial charge in [-0.25, -0.2) is 9.97 Å². The Morgan fingerprint density at radius 1 is 1.22 bits per heavy atom. The van der Waals surface area contributed by atoms with E-state index in [4.69, 9.17) is 15.6 Å². The molecular weight excluding hydrogens is 344 g/mol. The van der Waals surface area contributed by atoms with E-state index in [1.165, 1.54) is 0 Å². The van der Waals surface area contributed by atoms with Gasteiger partial charge in [-0.05, 0) is 30.2 Å². The van der Waals surface area contributed by atoms with Crippen LogP contribution in [-0.2, 0) is 6.54 Å². The molecule has 3 aromatic rings. The summed E-state index contributed by atoms with van der Waals surface area (Å²) >= 11 is 0. The second kappa shape index (κ2) is 8.01. The molecule has 140 valence electrons. The number of hydrogen-bond acceptors (Lipinski definition) is 6. The zero-order valence-electron chi connectivity index (χ0n) is 15.3. The third-order valence-corrected chi connectivity index (χ3v) is 4.18. The fourth-order valence-electron chi connectivity index (χ4n) is 2.91. The smallest absolute Gasteiger partial charge is 0.273 e. The summed E-state index contributed by atoms with van der Waals surface area (Å²) in [6, 6.07) is 13.0. The lowest BCUT2D eigenvalue weighted by Crippen LogP contribution is -2.27. The van der Waals surface area contributed by atoms with Crippen LogP contribution in [0.25, 0.3) is 10.9 Å². The van der Waals surface area contributed by atoms with E-state index in [1.807, 2.05) is 43.3 Å². The Morgan fingerprint density at radius 3 is 2.74 bits per heavy atom. The molecule has 0 aliphatic heterocycles. The molecule has 0 radical (unpaired) electrons. The number of aryl methyl sites for hydroxylation is 1. The number of nitrogen functional groups attached to an aromatic ring is 1. The highest BCUT2D eigenvalue weighted by atomic mass is 16.5. The van der Waals surface area contributed by atoms with Gasteiger partial charge < -0.3 is 20.5 Å². The molecule has 0 aliphatic rings. The highest BCUT2D eigenvalue weighted by molar-refractivity contribution is 6.04. The van der Waals surface area contributed by atoms with Crippen molar-refractivity contribution in [2.75, 3.05) is 26.0 Å². The molecule has 0 fully saturated rings.